The molecule has 0 aromatic heterocycles. The van der Waals surface area contributed by atoms with Gasteiger partial charge in [-0.1, -0.05) is 39.3 Å². The molecule has 2 bridgehead atoms. The minimum Gasteiger partial charge on any atom is -0.391 e. The maximum Gasteiger partial charge on any atom is 0.155 e. The Hall–Kier alpha value is -1.04. The Kier molecular flexibility index (Phi) is 5.50. The van der Waals surface area contributed by atoms with Crippen LogP contribution in [-0.4, -0.2) is 44.7 Å². The number of hydrogen-bond acceptors (Lipinski definition) is 5. The molecule has 3 aliphatic rings. The zero-order valence-electron chi connectivity index (χ0n) is 19.8. The molecule has 3 N–H and O–H groups in total. The number of fused-ring (bicyclic) bond motifs is 1. The Morgan fingerprint density at radius 1 is 1.20 bits per heavy atom. The number of allylic oxidation sites excluding steroid dienone is 2. The van der Waals surface area contributed by atoms with Gasteiger partial charge in [0.2, 0.25) is 0 Å². The summed E-state index contributed by atoms with van der Waals surface area (Å²) in [6.45, 7) is 15.1. The largest absolute Gasteiger partial charge is 0.391 e. The SMILES string of the molecule is CC(C)=CCC12C[C@@H]3C(C)(C)[C@H](C(C)(C)O)C[C@]3(C(O)C(C(=O)C(C)C)C1=O)C2O. The topological polar surface area (TPSA) is 94.8 Å². The van der Waals surface area contributed by atoms with Crippen LogP contribution in [0.15, 0.2) is 11.6 Å². The second kappa shape index (κ2) is 6.98. The standard InChI is InChI=1S/C25H40O5/c1-13(2)9-10-24-11-16-22(5,6)15(23(7,8)30)12-25(16,21(24)29)20(28)17(19(24)27)18(26)14(3)4/h9,14-17,20-21,28-30H,10-12H2,1-8H3/t15-,16-,17?,20?,21?,24?,25+/m1/s1. The van der Waals surface area contributed by atoms with Crippen LogP contribution in [0.5, 0.6) is 0 Å². The maximum atomic E-state index is 13.8. The molecule has 3 saturated carbocycles. The molecule has 0 aromatic rings. The summed E-state index contributed by atoms with van der Waals surface area (Å²) in [5.41, 5.74) is -2.36. The monoisotopic (exact) mass is 420 g/mol. The first kappa shape index (κ1) is 23.6. The van der Waals surface area contributed by atoms with Crippen molar-refractivity contribution < 1.29 is 24.9 Å². The molecule has 5 nitrogen and oxygen atoms in total. The number of carbonyl (C=O) groups is 2. The van der Waals surface area contributed by atoms with Gasteiger partial charge in [0.05, 0.1) is 23.2 Å². The Morgan fingerprint density at radius 2 is 1.77 bits per heavy atom. The van der Waals surface area contributed by atoms with Crippen molar-refractivity contribution in [2.75, 3.05) is 0 Å². The smallest absolute Gasteiger partial charge is 0.155 e. The normalized spacial score (nSPS) is 42.4. The average molecular weight is 421 g/mol. The average Bonchev–Trinajstić information content (AvgIpc) is 2.97. The molecule has 0 saturated heterocycles. The van der Waals surface area contributed by atoms with Crippen LogP contribution >= 0.6 is 0 Å². The van der Waals surface area contributed by atoms with Gasteiger partial charge in [-0.15, -0.1) is 0 Å². The van der Waals surface area contributed by atoms with Crippen LogP contribution < -0.4 is 0 Å². The lowest BCUT2D eigenvalue weighted by atomic mass is 9.56. The molecule has 30 heavy (non-hydrogen) atoms. The number of aliphatic hydroxyl groups excluding tert-OH is 2. The molecule has 0 heterocycles. The van der Waals surface area contributed by atoms with Crippen LogP contribution in [0.2, 0.25) is 0 Å². The molecule has 0 aromatic carbocycles. The van der Waals surface area contributed by atoms with Crippen LogP contribution in [0.25, 0.3) is 0 Å². The van der Waals surface area contributed by atoms with Crippen LogP contribution in [-0.2, 0) is 9.59 Å². The number of hydrogen-bond donors (Lipinski definition) is 3. The molecule has 3 rings (SSSR count). The van der Waals surface area contributed by atoms with Crippen molar-refractivity contribution in [3.63, 3.8) is 0 Å². The van der Waals surface area contributed by atoms with E-state index < -0.39 is 40.0 Å². The Balaban J connectivity index is 2.22. The third kappa shape index (κ3) is 2.91. The van der Waals surface area contributed by atoms with E-state index >= 15 is 0 Å². The predicted molar refractivity (Wildman–Crippen MR) is 116 cm³/mol. The van der Waals surface area contributed by atoms with Gasteiger partial charge in [-0.05, 0) is 64.2 Å². The maximum absolute atomic E-state index is 13.8. The van der Waals surface area contributed by atoms with Crippen molar-refractivity contribution in [2.45, 2.75) is 92.5 Å². The number of rotatable bonds is 5. The fourth-order valence-electron chi connectivity index (χ4n) is 7.41. The first-order valence-electron chi connectivity index (χ1n) is 11.3. The molecule has 1 spiro atoms. The van der Waals surface area contributed by atoms with Crippen LogP contribution in [0.3, 0.4) is 0 Å². The van der Waals surface area contributed by atoms with Crippen molar-refractivity contribution in [2.24, 2.45) is 39.9 Å². The highest BCUT2D eigenvalue weighted by molar-refractivity contribution is 6.08. The van der Waals surface area contributed by atoms with Crippen molar-refractivity contribution >= 4 is 11.6 Å². The van der Waals surface area contributed by atoms with Crippen LogP contribution in [0.4, 0.5) is 0 Å². The molecular formula is C25H40O5. The van der Waals surface area contributed by atoms with Gasteiger partial charge in [0, 0.05) is 11.3 Å². The van der Waals surface area contributed by atoms with E-state index in [0.29, 0.717) is 19.3 Å². The highest BCUT2D eigenvalue weighted by Crippen LogP contribution is 2.75. The van der Waals surface area contributed by atoms with Crippen LogP contribution in [0, 0.1) is 39.9 Å². The van der Waals surface area contributed by atoms with Gasteiger partial charge in [0.1, 0.15) is 11.7 Å². The van der Waals surface area contributed by atoms with E-state index in [2.05, 4.69) is 13.8 Å². The molecule has 7 atom stereocenters. The summed E-state index contributed by atoms with van der Waals surface area (Å²) in [6.07, 6.45) is 0.943. The molecule has 3 fully saturated rings. The van der Waals surface area contributed by atoms with Gasteiger partial charge in [-0.2, -0.15) is 0 Å². The Labute approximate surface area is 180 Å². The van der Waals surface area contributed by atoms with E-state index in [0.717, 1.165) is 5.57 Å². The molecule has 3 aliphatic carbocycles. The molecule has 4 unspecified atom stereocenters. The van der Waals surface area contributed by atoms with Gasteiger partial charge in [0.15, 0.2) is 5.78 Å². The number of aliphatic hydroxyl groups is 3. The molecule has 0 aliphatic heterocycles. The molecule has 170 valence electrons. The van der Waals surface area contributed by atoms with Crippen molar-refractivity contribution in [3.05, 3.63) is 11.6 Å². The molecular weight excluding hydrogens is 380 g/mol. The lowest BCUT2D eigenvalue weighted by Crippen LogP contribution is -2.63. The van der Waals surface area contributed by atoms with Gasteiger partial charge in [0.25, 0.3) is 0 Å². The third-order valence-electron chi connectivity index (χ3n) is 8.85. The quantitative estimate of drug-likeness (QED) is 0.469. The lowest BCUT2D eigenvalue weighted by Gasteiger charge is -2.50. The van der Waals surface area contributed by atoms with Gasteiger partial charge in [-0.3, -0.25) is 9.59 Å². The number of carbonyl (C=O) groups excluding carboxylic acids is 2. The van der Waals surface area contributed by atoms with E-state index in [1.165, 1.54) is 0 Å². The molecule has 0 amide bonds. The minimum atomic E-state index is -1.23. The van der Waals surface area contributed by atoms with Crippen molar-refractivity contribution in [3.8, 4) is 0 Å². The zero-order valence-corrected chi connectivity index (χ0v) is 19.8. The summed E-state index contributed by atoms with van der Waals surface area (Å²) in [4.78, 5) is 26.9. The van der Waals surface area contributed by atoms with E-state index in [1.54, 1.807) is 27.7 Å². The first-order chi connectivity index (χ1) is 13.5. The lowest BCUT2D eigenvalue weighted by molar-refractivity contribution is -0.181. The fraction of sp³-hybridized carbons (Fsp3) is 0.840. The van der Waals surface area contributed by atoms with Gasteiger partial charge in [-0.25, -0.2) is 0 Å². The Morgan fingerprint density at radius 3 is 2.23 bits per heavy atom. The van der Waals surface area contributed by atoms with E-state index in [-0.39, 0.29) is 29.3 Å². The second-order valence-electron chi connectivity index (χ2n) is 12.0. The highest BCUT2D eigenvalue weighted by atomic mass is 16.3. The Bertz CT molecular complexity index is 769. The second-order valence-corrected chi connectivity index (χ2v) is 12.0. The van der Waals surface area contributed by atoms with Crippen molar-refractivity contribution in [1.29, 1.82) is 0 Å². The molecule has 5 heteroatoms. The number of ketones is 2. The summed E-state index contributed by atoms with van der Waals surface area (Å²) in [7, 11) is 0. The minimum absolute atomic E-state index is 0.161. The summed E-state index contributed by atoms with van der Waals surface area (Å²) in [6, 6.07) is 0. The summed E-state index contributed by atoms with van der Waals surface area (Å²) in [5.74, 6) is -2.35. The van der Waals surface area contributed by atoms with E-state index in [4.69, 9.17) is 0 Å². The van der Waals surface area contributed by atoms with Gasteiger partial charge >= 0.3 is 0 Å². The third-order valence-corrected chi connectivity index (χ3v) is 8.85. The first-order valence-corrected chi connectivity index (χ1v) is 11.3. The highest BCUT2D eigenvalue weighted by Gasteiger charge is 2.79. The summed E-state index contributed by atoms with van der Waals surface area (Å²) in [5, 5.41) is 34.2. The zero-order chi connectivity index (χ0) is 23.0. The summed E-state index contributed by atoms with van der Waals surface area (Å²) < 4.78 is 0. The predicted octanol–water partition coefficient (Wildman–Crippen LogP) is 3.30. The number of Topliss-reactive ketones (excluding diaryl/α,β-unsaturated/α-hetero) is 2. The molecule has 0 radical (unpaired) electrons. The van der Waals surface area contributed by atoms with Crippen LogP contribution in [0.1, 0.15) is 74.7 Å². The van der Waals surface area contributed by atoms with E-state index in [9.17, 15) is 24.9 Å². The van der Waals surface area contributed by atoms with Crippen molar-refractivity contribution in [1.82, 2.24) is 0 Å². The van der Waals surface area contributed by atoms with Gasteiger partial charge < -0.3 is 15.3 Å². The van der Waals surface area contributed by atoms with E-state index in [1.807, 2.05) is 19.9 Å². The summed E-state index contributed by atoms with van der Waals surface area (Å²) >= 11 is 0. The fourth-order valence-corrected chi connectivity index (χ4v) is 7.41.